The molecule has 0 radical (unpaired) electrons. The summed E-state index contributed by atoms with van der Waals surface area (Å²) in [5.74, 6) is 1.71. The molecule has 1 atom stereocenters. The Morgan fingerprint density at radius 1 is 1.31 bits per heavy atom. The van der Waals surface area contributed by atoms with Crippen LogP contribution >= 0.6 is 11.3 Å². The zero-order valence-corrected chi connectivity index (χ0v) is 18.0. The first kappa shape index (κ1) is 19.8. The molecule has 154 valence electrons. The van der Waals surface area contributed by atoms with Crippen LogP contribution in [0, 0.1) is 0 Å². The number of guanidine groups is 1. The van der Waals surface area contributed by atoms with Gasteiger partial charge in [0.25, 0.3) is 0 Å². The van der Waals surface area contributed by atoms with Gasteiger partial charge in [0.2, 0.25) is 0 Å². The van der Waals surface area contributed by atoms with Crippen molar-refractivity contribution >= 4 is 33.4 Å². The van der Waals surface area contributed by atoms with Gasteiger partial charge in [-0.2, -0.15) is 0 Å². The first-order valence-corrected chi connectivity index (χ1v) is 11.3. The van der Waals surface area contributed by atoms with Gasteiger partial charge >= 0.3 is 0 Å². The number of benzene rings is 1. The number of nitrogens with zero attached hydrogens (tertiary/aromatic N) is 3. The molecule has 4 rings (SSSR count). The Morgan fingerprint density at radius 3 is 2.93 bits per heavy atom. The fraction of sp³-hybridized carbons (Fsp3) is 0.455. The van der Waals surface area contributed by atoms with Crippen LogP contribution in [0.15, 0.2) is 45.1 Å². The summed E-state index contributed by atoms with van der Waals surface area (Å²) in [5, 5.41) is 11.2. The molecule has 0 amide bonds. The van der Waals surface area contributed by atoms with E-state index in [9.17, 15) is 0 Å². The third-order valence-corrected chi connectivity index (χ3v) is 6.07. The first-order chi connectivity index (χ1) is 14.2. The van der Waals surface area contributed by atoms with E-state index in [4.69, 9.17) is 14.4 Å². The van der Waals surface area contributed by atoms with E-state index in [1.807, 2.05) is 18.2 Å². The predicted molar refractivity (Wildman–Crippen MR) is 121 cm³/mol. The largest absolute Gasteiger partial charge is 0.459 e. The molecule has 1 aromatic carbocycles. The van der Waals surface area contributed by atoms with Crippen molar-refractivity contribution in [3.05, 3.63) is 47.2 Å². The summed E-state index contributed by atoms with van der Waals surface area (Å²) >= 11 is 1.75. The summed E-state index contributed by atoms with van der Waals surface area (Å²) in [7, 11) is 0. The number of aromatic nitrogens is 1. The second kappa shape index (κ2) is 9.31. The molecule has 29 heavy (non-hydrogen) atoms. The number of hydrogen-bond acceptors (Lipinski definition) is 5. The summed E-state index contributed by atoms with van der Waals surface area (Å²) in [5.41, 5.74) is 2.04. The SMILES string of the molecule is CCNC(=NCCc1csc(N2CCCC2)n1)NC(C)c1cc2ccccc2o1. The van der Waals surface area contributed by atoms with E-state index in [2.05, 4.69) is 46.9 Å². The molecule has 0 spiro atoms. The monoisotopic (exact) mass is 411 g/mol. The van der Waals surface area contributed by atoms with Gasteiger partial charge in [-0.25, -0.2) is 4.98 Å². The summed E-state index contributed by atoms with van der Waals surface area (Å²) < 4.78 is 5.98. The van der Waals surface area contributed by atoms with Crippen molar-refractivity contribution in [3.8, 4) is 0 Å². The molecule has 0 bridgehead atoms. The van der Waals surface area contributed by atoms with Gasteiger partial charge in [0.15, 0.2) is 11.1 Å². The molecule has 0 aliphatic carbocycles. The van der Waals surface area contributed by atoms with Gasteiger partial charge in [0.1, 0.15) is 11.3 Å². The molecule has 0 saturated carbocycles. The molecule has 1 aliphatic heterocycles. The normalized spacial score (nSPS) is 15.8. The third-order valence-electron chi connectivity index (χ3n) is 5.12. The number of para-hydroxylation sites is 1. The Balaban J connectivity index is 1.35. The van der Waals surface area contributed by atoms with E-state index in [1.165, 1.54) is 12.8 Å². The minimum atomic E-state index is 0.0289. The van der Waals surface area contributed by atoms with E-state index < -0.39 is 0 Å². The van der Waals surface area contributed by atoms with Gasteiger partial charge in [0, 0.05) is 43.4 Å². The number of furan rings is 1. The Labute approximate surface area is 176 Å². The number of anilines is 1. The average Bonchev–Trinajstić information content (AvgIpc) is 3.47. The van der Waals surface area contributed by atoms with Crippen molar-refractivity contribution in [1.29, 1.82) is 0 Å². The van der Waals surface area contributed by atoms with E-state index in [-0.39, 0.29) is 6.04 Å². The van der Waals surface area contributed by atoms with Crippen LogP contribution in [0.5, 0.6) is 0 Å². The van der Waals surface area contributed by atoms with Crippen molar-refractivity contribution in [2.45, 2.75) is 39.2 Å². The van der Waals surface area contributed by atoms with Crippen molar-refractivity contribution in [2.24, 2.45) is 4.99 Å². The van der Waals surface area contributed by atoms with Crippen LogP contribution in [0.3, 0.4) is 0 Å². The minimum Gasteiger partial charge on any atom is -0.459 e. The van der Waals surface area contributed by atoms with Gasteiger partial charge in [-0.1, -0.05) is 18.2 Å². The van der Waals surface area contributed by atoms with Crippen LogP contribution in [0.25, 0.3) is 11.0 Å². The van der Waals surface area contributed by atoms with Crippen LogP contribution in [0.2, 0.25) is 0 Å². The van der Waals surface area contributed by atoms with Crippen molar-refractivity contribution < 1.29 is 4.42 Å². The van der Waals surface area contributed by atoms with Gasteiger partial charge in [-0.3, -0.25) is 4.99 Å². The number of rotatable bonds is 7. The van der Waals surface area contributed by atoms with Crippen LogP contribution in [0.1, 0.15) is 44.2 Å². The Morgan fingerprint density at radius 2 is 2.14 bits per heavy atom. The molecule has 3 heterocycles. The summed E-state index contributed by atoms with van der Waals surface area (Å²) in [6.07, 6.45) is 3.40. The molecule has 7 heteroatoms. The van der Waals surface area contributed by atoms with Crippen molar-refractivity contribution in [2.75, 3.05) is 31.1 Å². The van der Waals surface area contributed by atoms with Crippen LogP contribution in [-0.4, -0.2) is 37.1 Å². The molecule has 1 unspecified atom stereocenters. The highest BCUT2D eigenvalue weighted by Crippen LogP contribution is 2.25. The zero-order valence-electron chi connectivity index (χ0n) is 17.1. The van der Waals surface area contributed by atoms with Crippen molar-refractivity contribution in [3.63, 3.8) is 0 Å². The Bertz CT molecular complexity index is 924. The van der Waals surface area contributed by atoms with Crippen molar-refractivity contribution in [1.82, 2.24) is 15.6 Å². The fourth-order valence-electron chi connectivity index (χ4n) is 3.56. The molecular formula is C22H29N5OS. The summed E-state index contributed by atoms with van der Waals surface area (Å²) in [4.78, 5) is 11.9. The van der Waals surface area contributed by atoms with Crippen LogP contribution < -0.4 is 15.5 Å². The Kier molecular flexibility index (Phi) is 6.34. The maximum Gasteiger partial charge on any atom is 0.191 e. The maximum absolute atomic E-state index is 5.98. The lowest BCUT2D eigenvalue weighted by Crippen LogP contribution is -2.38. The lowest BCUT2D eigenvalue weighted by Gasteiger charge is -2.16. The lowest BCUT2D eigenvalue weighted by molar-refractivity contribution is 0.488. The van der Waals surface area contributed by atoms with Gasteiger partial charge in [-0.05, 0) is 38.8 Å². The molecule has 1 fully saturated rings. The van der Waals surface area contributed by atoms with Gasteiger partial charge in [0.05, 0.1) is 11.7 Å². The van der Waals surface area contributed by atoms with Crippen LogP contribution in [-0.2, 0) is 6.42 Å². The highest BCUT2D eigenvalue weighted by molar-refractivity contribution is 7.13. The van der Waals surface area contributed by atoms with E-state index >= 15 is 0 Å². The van der Waals surface area contributed by atoms with E-state index in [0.717, 1.165) is 59.6 Å². The van der Waals surface area contributed by atoms with E-state index in [0.29, 0.717) is 6.54 Å². The minimum absolute atomic E-state index is 0.0289. The standard InChI is InChI=1S/C22H29N5OS/c1-3-23-21(25-16(2)20-14-17-8-4-5-9-19(17)28-20)24-11-10-18-15-29-22(26-18)27-12-6-7-13-27/h4-5,8-9,14-16H,3,6-7,10-13H2,1-2H3,(H2,23,24,25). The second-order valence-corrected chi connectivity index (χ2v) is 8.22. The van der Waals surface area contributed by atoms with E-state index in [1.54, 1.807) is 11.3 Å². The Hall–Kier alpha value is -2.54. The third kappa shape index (κ3) is 4.90. The lowest BCUT2D eigenvalue weighted by atomic mass is 10.2. The topological polar surface area (TPSA) is 65.7 Å². The first-order valence-electron chi connectivity index (χ1n) is 10.5. The highest BCUT2D eigenvalue weighted by atomic mass is 32.1. The number of thiazole rings is 1. The number of nitrogens with one attached hydrogen (secondary N) is 2. The molecule has 1 saturated heterocycles. The van der Waals surface area contributed by atoms with Crippen LogP contribution in [0.4, 0.5) is 5.13 Å². The molecule has 2 N–H and O–H groups in total. The zero-order chi connectivity index (χ0) is 20.1. The molecule has 2 aromatic heterocycles. The molecule has 6 nitrogen and oxygen atoms in total. The molecule has 3 aromatic rings. The smallest absolute Gasteiger partial charge is 0.191 e. The van der Waals surface area contributed by atoms with Gasteiger partial charge < -0.3 is 20.0 Å². The fourth-order valence-corrected chi connectivity index (χ4v) is 4.47. The number of fused-ring (bicyclic) bond motifs is 1. The maximum atomic E-state index is 5.98. The summed E-state index contributed by atoms with van der Waals surface area (Å²) in [6.45, 7) is 7.96. The van der Waals surface area contributed by atoms with Gasteiger partial charge in [-0.15, -0.1) is 11.3 Å². The summed E-state index contributed by atoms with van der Waals surface area (Å²) in [6, 6.07) is 10.2. The number of aliphatic imine (C=N–C) groups is 1. The molecular weight excluding hydrogens is 382 g/mol. The highest BCUT2D eigenvalue weighted by Gasteiger charge is 2.16. The predicted octanol–water partition coefficient (Wildman–Crippen LogP) is 4.35. The second-order valence-electron chi connectivity index (χ2n) is 7.38. The number of hydrogen-bond donors (Lipinski definition) is 2. The average molecular weight is 412 g/mol. The molecule has 1 aliphatic rings. The quantitative estimate of drug-likeness (QED) is 0.447.